The topological polar surface area (TPSA) is 30.5 Å². The van der Waals surface area contributed by atoms with Crippen LogP contribution in [0.25, 0.3) is 0 Å². The maximum atomic E-state index is 13.3. The van der Waals surface area contributed by atoms with Gasteiger partial charge in [0.05, 0.1) is 16.7 Å². The number of halogens is 3. The summed E-state index contributed by atoms with van der Waals surface area (Å²) in [5.74, 6) is 3.57. The Morgan fingerprint density at radius 2 is 1.68 bits per heavy atom. The zero-order valence-electron chi connectivity index (χ0n) is 20.0. The van der Waals surface area contributed by atoms with Crippen molar-refractivity contribution in [1.82, 2.24) is 5.32 Å². The number of nitrogens with one attached hydrogen (secondary N) is 1. The van der Waals surface area contributed by atoms with E-state index in [-0.39, 0.29) is 12.4 Å². The third kappa shape index (κ3) is 4.92. The van der Waals surface area contributed by atoms with Crippen molar-refractivity contribution in [2.24, 2.45) is 23.2 Å². The summed E-state index contributed by atoms with van der Waals surface area (Å²) in [6.07, 6.45) is 8.54. The van der Waals surface area contributed by atoms with E-state index in [4.69, 9.17) is 32.7 Å². The Kier molecular flexibility index (Phi) is 7.03. The first-order valence-corrected chi connectivity index (χ1v) is 13.4. The summed E-state index contributed by atoms with van der Waals surface area (Å²) in [7, 11) is 0. The Labute approximate surface area is 212 Å². The number of rotatable bonds is 9. The molecule has 0 amide bonds. The first kappa shape index (κ1) is 24.2. The largest absolute Gasteiger partial charge is 0.490 e. The molecule has 2 aromatic rings. The van der Waals surface area contributed by atoms with E-state index < -0.39 is 0 Å². The standard InChI is InChI=1S/C28H34Cl2FNO2/c1-3-33-26-10-21(9-25(30)27(26)34-16-22-4-5-23(31)11-24(22)29)15-32-17(2)28-12-18-6-19(13-28)8-20(7-18)14-28/h4-5,9-11,17-20,32H,3,6-8,12-16H2,1-2H3. The van der Waals surface area contributed by atoms with Crippen LogP contribution >= 0.6 is 23.2 Å². The van der Waals surface area contributed by atoms with Crippen LogP contribution in [0.5, 0.6) is 11.5 Å². The van der Waals surface area contributed by atoms with Crippen LogP contribution in [0, 0.1) is 29.0 Å². The van der Waals surface area contributed by atoms with E-state index in [0.717, 1.165) is 29.9 Å². The highest BCUT2D eigenvalue weighted by Gasteiger charge is 2.52. The first-order valence-electron chi connectivity index (χ1n) is 12.6. The van der Waals surface area contributed by atoms with Gasteiger partial charge in [0.15, 0.2) is 11.5 Å². The van der Waals surface area contributed by atoms with Crippen LogP contribution in [-0.4, -0.2) is 12.6 Å². The summed E-state index contributed by atoms with van der Waals surface area (Å²) in [6.45, 7) is 5.74. The van der Waals surface area contributed by atoms with Gasteiger partial charge < -0.3 is 14.8 Å². The van der Waals surface area contributed by atoms with Crippen molar-refractivity contribution in [1.29, 1.82) is 0 Å². The maximum absolute atomic E-state index is 13.3. The molecule has 2 aromatic carbocycles. The normalized spacial score (nSPS) is 28.2. The molecule has 0 spiro atoms. The molecule has 1 N–H and O–H groups in total. The molecule has 0 radical (unpaired) electrons. The third-order valence-electron chi connectivity index (χ3n) is 8.37. The quantitative estimate of drug-likeness (QED) is 0.376. The highest BCUT2D eigenvalue weighted by molar-refractivity contribution is 6.32. The van der Waals surface area contributed by atoms with Gasteiger partial charge in [-0.1, -0.05) is 29.3 Å². The predicted molar refractivity (Wildman–Crippen MR) is 135 cm³/mol. The molecule has 0 heterocycles. The lowest BCUT2D eigenvalue weighted by atomic mass is 9.48. The minimum Gasteiger partial charge on any atom is -0.490 e. The molecule has 0 aromatic heterocycles. The van der Waals surface area contributed by atoms with Gasteiger partial charge in [-0.15, -0.1) is 0 Å². The van der Waals surface area contributed by atoms with Crippen LogP contribution < -0.4 is 14.8 Å². The molecule has 1 unspecified atom stereocenters. The summed E-state index contributed by atoms with van der Waals surface area (Å²) < 4.78 is 25.2. The van der Waals surface area contributed by atoms with Gasteiger partial charge in [0.1, 0.15) is 12.4 Å². The molecule has 184 valence electrons. The minimum atomic E-state index is -0.374. The van der Waals surface area contributed by atoms with Crippen molar-refractivity contribution >= 4 is 23.2 Å². The van der Waals surface area contributed by atoms with Crippen LogP contribution in [0.4, 0.5) is 4.39 Å². The smallest absolute Gasteiger partial charge is 0.180 e. The van der Waals surface area contributed by atoms with E-state index in [2.05, 4.69) is 12.2 Å². The lowest BCUT2D eigenvalue weighted by Gasteiger charge is -2.59. The third-order valence-corrected chi connectivity index (χ3v) is 9.01. The second-order valence-electron chi connectivity index (χ2n) is 10.7. The highest BCUT2D eigenvalue weighted by Crippen LogP contribution is 2.61. The van der Waals surface area contributed by atoms with Gasteiger partial charge in [0.25, 0.3) is 0 Å². The van der Waals surface area contributed by atoms with Gasteiger partial charge in [-0.25, -0.2) is 4.39 Å². The highest BCUT2D eigenvalue weighted by atomic mass is 35.5. The molecule has 4 saturated carbocycles. The monoisotopic (exact) mass is 505 g/mol. The number of ether oxygens (including phenoxy) is 2. The van der Waals surface area contributed by atoms with Crippen LogP contribution in [-0.2, 0) is 13.2 Å². The van der Waals surface area contributed by atoms with Gasteiger partial charge in [0.2, 0.25) is 0 Å². The Balaban J connectivity index is 1.27. The summed E-state index contributed by atoms with van der Waals surface area (Å²) in [5.41, 5.74) is 2.23. The number of benzene rings is 2. The Morgan fingerprint density at radius 3 is 2.29 bits per heavy atom. The minimum absolute atomic E-state index is 0.180. The van der Waals surface area contributed by atoms with E-state index in [1.165, 1.54) is 50.7 Å². The van der Waals surface area contributed by atoms with Crippen molar-refractivity contribution in [3.63, 3.8) is 0 Å². The summed E-state index contributed by atoms with van der Waals surface area (Å²) in [4.78, 5) is 0. The molecular weight excluding hydrogens is 472 g/mol. The molecule has 4 aliphatic rings. The van der Waals surface area contributed by atoms with Crippen molar-refractivity contribution in [3.8, 4) is 11.5 Å². The maximum Gasteiger partial charge on any atom is 0.180 e. The van der Waals surface area contributed by atoms with E-state index in [1.807, 2.05) is 19.1 Å². The predicted octanol–water partition coefficient (Wildman–Crippen LogP) is 7.80. The van der Waals surface area contributed by atoms with E-state index in [9.17, 15) is 4.39 Å². The molecule has 34 heavy (non-hydrogen) atoms. The average molecular weight is 506 g/mol. The van der Waals surface area contributed by atoms with Gasteiger partial charge in [-0.2, -0.15) is 0 Å². The molecule has 4 fully saturated rings. The van der Waals surface area contributed by atoms with Crippen molar-refractivity contribution in [3.05, 3.63) is 57.3 Å². The molecule has 4 bridgehead atoms. The molecule has 4 aliphatic carbocycles. The number of hydrogen-bond donors (Lipinski definition) is 1. The fourth-order valence-corrected chi connectivity index (χ4v) is 7.62. The fourth-order valence-electron chi connectivity index (χ4n) is 7.11. The van der Waals surface area contributed by atoms with E-state index in [1.54, 1.807) is 6.07 Å². The first-order chi connectivity index (χ1) is 16.3. The molecule has 3 nitrogen and oxygen atoms in total. The molecule has 6 heteroatoms. The molecule has 0 saturated heterocycles. The molecule has 1 atom stereocenters. The summed E-state index contributed by atoms with van der Waals surface area (Å²) in [5, 5.41) is 4.67. The molecular formula is C28H34Cl2FNO2. The second-order valence-corrected chi connectivity index (χ2v) is 11.6. The Morgan fingerprint density at radius 1 is 1.00 bits per heavy atom. The van der Waals surface area contributed by atoms with Crippen LogP contribution in [0.2, 0.25) is 10.0 Å². The van der Waals surface area contributed by atoms with Crippen LogP contribution in [0.3, 0.4) is 0 Å². The van der Waals surface area contributed by atoms with Gasteiger partial charge in [-0.3, -0.25) is 0 Å². The van der Waals surface area contributed by atoms with Gasteiger partial charge >= 0.3 is 0 Å². The molecule has 0 aliphatic heterocycles. The lowest BCUT2D eigenvalue weighted by Crippen LogP contribution is -2.54. The zero-order chi connectivity index (χ0) is 23.9. The molecule has 6 rings (SSSR count). The van der Waals surface area contributed by atoms with Crippen molar-refractivity contribution in [2.75, 3.05) is 6.61 Å². The summed E-state index contributed by atoms with van der Waals surface area (Å²) in [6, 6.07) is 8.71. The SMILES string of the molecule is CCOc1cc(CNC(C)C23CC4CC(CC(C4)C2)C3)cc(Cl)c1OCc1ccc(F)cc1Cl. The number of hydrogen-bond acceptors (Lipinski definition) is 3. The van der Waals surface area contributed by atoms with Gasteiger partial charge in [0, 0.05) is 18.2 Å². The van der Waals surface area contributed by atoms with Crippen LogP contribution in [0.1, 0.15) is 63.5 Å². The van der Waals surface area contributed by atoms with Crippen LogP contribution in [0.15, 0.2) is 30.3 Å². The van der Waals surface area contributed by atoms with Crippen molar-refractivity contribution in [2.45, 2.75) is 71.6 Å². The lowest BCUT2D eigenvalue weighted by molar-refractivity contribution is -0.0706. The Bertz CT molecular complexity index is 1010. The van der Waals surface area contributed by atoms with Crippen molar-refractivity contribution < 1.29 is 13.9 Å². The Hall–Kier alpha value is -1.49. The van der Waals surface area contributed by atoms with Gasteiger partial charge in [-0.05, 0) is 105 Å². The average Bonchev–Trinajstić information content (AvgIpc) is 2.77. The summed E-state index contributed by atoms with van der Waals surface area (Å²) >= 11 is 12.8. The fraction of sp³-hybridized carbons (Fsp3) is 0.571. The van der Waals surface area contributed by atoms with E-state index >= 15 is 0 Å². The van der Waals surface area contributed by atoms with E-state index in [0.29, 0.717) is 45.2 Å². The zero-order valence-corrected chi connectivity index (χ0v) is 21.5. The second kappa shape index (κ2) is 9.87.